The van der Waals surface area contributed by atoms with E-state index in [4.69, 9.17) is 11.6 Å². The van der Waals surface area contributed by atoms with Crippen LogP contribution in [-0.4, -0.2) is 25.2 Å². The number of nitrogens with one attached hydrogen (secondary N) is 1. The molecule has 1 amide bonds. The third-order valence-electron chi connectivity index (χ3n) is 4.88. The zero-order valence-corrected chi connectivity index (χ0v) is 18.1. The summed E-state index contributed by atoms with van der Waals surface area (Å²) in [4.78, 5) is 14.0. The minimum absolute atomic E-state index is 0.110. The summed E-state index contributed by atoms with van der Waals surface area (Å²) in [6.45, 7) is 2.70. The Balaban J connectivity index is 1.57. The first-order chi connectivity index (χ1) is 13.8. The number of hydrogen-bond donors (Lipinski definition) is 1. The molecule has 1 aromatic heterocycles. The van der Waals surface area contributed by atoms with Crippen molar-refractivity contribution in [1.82, 2.24) is 4.31 Å². The van der Waals surface area contributed by atoms with Crippen molar-refractivity contribution in [1.29, 1.82) is 0 Å². The average molecular weight is 447 g/mol. The van der Waals surface area contributed by atoms with Crippen molar-refractivity contribution in [3.8, 4) is 0 Å². The maximum absolute atomic E-state index is 13.1. The molecule has 29 heavy (non-hydrogen) atoms. The average Bonchev–Trinajstić information content (AvgIpc) is 3.18. The second-order valence-corrected chi connectivity index (χ2v) is 10.3. The van der Waals surface area contributed by atoms with Crippen LogP contribution in [0.1, 0.15) is 26.4 Å². The smallest absolute Gasteiger partial charge is 0.255 e. The number of carbonyl (C=O) groups excluding carboxylic acids is 1. The van der Waals surface area contributed by atoms with E-state index in [0.717, 1.165) is 11.1 Å². The summed E-state index contributed by atoms with van der Waals surface area (Å²) in [5.41, 5.74) is 2.77. The topological polar surface area (TPSA) is 66.5 Å². The minimum atomic E-state index is -3.69. The summed E-state index contributed by atoms with van der Waals surface area (Å²) < 4.78 is 27.7. The Bertz CT molecular complexity index is 1190. The van der Waals surface area contributed by atoms with Crippen molar-refractivity contribution in [2.45, 2.75) is 24.8 Å². The Morgan fingerprint density at radius 3 is 2.79 bits per heavy atom. The third-order valence-corrected chi connectivity index (χ3v) is 8.06. The lowest BCUT2D eigenvalue weighted by molar-refractivity contribution is 0.102. The molecular weight excluding hydrogens is 428 g/mol. The van der Waals surface area contributed by atoms with E-state index >= 15 is 0 Å². The Hall–Kier alpha value is -2.19. The van der Waals surface area contributed by atoms with Gasteiger partial charge in [-0.15, -0.1) is 11.3 Å². The van der Waals surface area contributed by atoms with Crippen molar-refractivity contribution in [2.24, 2.45) is 0 Å². The number of carbonyl (C=O) groups is 1. The van der Waals surface area contributed by atoms with Gasteiger partial charge in [0.05, 0.1) is 15.6 Å². The van der Waals surface area contributed by atoms with E-state index in [-0.39, 0.29) is 10.5 Å². The maximum atomic E-state index is 13.1. The monoisotopic (exact) mass is 446 g/mol. The van der Waals surface area contributed by atoms with Crippen LogP contribution in [-0.2, 0) is 23.0 Å². The lowest BCUT2D eigenvalue weighted by Crippen LogP contribution is -2.35. The van der Waals surface area contributed by atoms with Crippen LogP contribution < -0.4 is 5.32 Å². The number of hydrogen-bond acceptors (Lipinski definition) is 4. The highest BCUT2D eigenvalue weighted by Gasteiger charge is 2.29. The molecule has 0 radical (unpaired) electrons. The molecule has 2 aromatic carbocycles. The molecule has 0 saturated carbocycles. The first kappa shape index (κ1) is 20.1. The van der Waals surface area contributed by atoms with E-state index in [0.29, 0.717) is 30.2 Å². The molecule has 0 saturated heterocycles. The molecule has 0 aliphatic carbocycles. The number of amides is 1. The second-order valence-electron chi connectivity index (χ2n) is 6.92. The van der Waals surface area contributed by atoms with Gasteiger partial charge in [0.1, 0.15) is 0 Å². The van der Waals surface area contributed by atoms with E-state index in [2.05, 4.69) is 5.32 Å². The molecular formula is C21H19ClN2O3S2. The van der Waals surface area contributed by atoms with Crippen LogP contribution in [0.4, 0.5) is 5.69 Å². The summed E-state index contributed by atoms with van der Waals surface area (Å²) >= 11 is 7.84. The van der Waals surface area contributed by atoms with E-state index in [1.54, 1.807) is 35.6 Å². The van der Waals surface area contributed by atoms with Crippen molar-refractivity contribution >= 4 is 44.6 Å². The van der Waals surface area contributed by atoms with E-state index in [1.807, 2.05) is 24.4 Å². The molecule has 0 unspecified atom stereocenters. The van der Waals surface area contributed by atoms with Gasteiger partial charge in [-0.25, -0.2) is 8.42 Å². The van der Waals surface area contributed by atoms with Gasteiger partial charge in [-0.3, -0.25) is 4.79 Å². The zero-order chi connectivity index (χ0) is 20.6. The lowest BCUT2D eigenvalue weighted by Gasteiger charge is -2.26. The van der Waals surface area contributed by atoms with Crippen LogP contribution in [0.2, 0.25) is 5.02 Å². The van der Waals surface area contributed by atoms with Crippen LogP contribution in [0.3, 0.4) is 0 Å². The molecule has 1 aliphatic heterocycles. The molecule has 0 atom stereocenters. The SMILES string of the molecule is Cc1ccc(NC(=O)c2cccc(S(=O)(=O)N3CCc4sccc4C3)c2)c(Cl)c1. The predicted molar refractivity (Wildman–Crippen MR) is 116 cm³/mol. The van der Waals surface area contributed by atoms with Crippen molar-refractivity contribution < 1.29 is 13.2 Å². The van der Waals surface area contributed by atoms with E-state index < -0.39 is 15.9 Å². The maximum Gasteiger partial charge on any atom is 0.255 e. The number of thiophene rings is 1. The molecule has 150 valence electrons. The second kappa shape index (κ2) is 7.91. The molecule has 0 spiro atoms. The van der Waals surface area contributed by atoms with Crippen LogP contribution in [0, 0.1) is 6.92 Å². The number of sulfonamides is 1. The third kappa shape index (κ3) is 4.09. The number of fused-ring (bicyclic) bond motifs is 1. The van der Waals surface area contributed by atoms with E-state index in [9.17, 15) is 13.2 Å². The number of benzene rings is 2. The molecule has 5 nitrogen and oxygen atoms in total. The number of aryl methyl sites for hydroxylation is 1. The van der Waals surface area contributed by atoms with Gasteiger partial charge in [0, 0.05) is 23.5 Å². The van der Waals surface area contributed by atoms with Gasteiger partial charge in [-0.05, 0) is 66.2 Å². The van der Waals surface area contributed by atoms with Crippen LogP contribution in [0.5, 0.6) is 0 Å². The lowest BCUT2D eigenvalue weighted by atomic mass is 10.1. The fourth-order valence-electron chi connectivity index (χ4n) is 3.29. The largest absolute Gasteiger partial charge is 0.321 e. The zero-order valence-electron chi connectivity index (χ0n) is 15.7. The normalized spacial score (nSPS) is 14.4. The first-order valence-electron chi connectivity index (χ1n) is 9.07. The quantitative estimate of drug-likeness (QED) is 0.631. The molecule has 2 heterocycles. The number of nitrogens with zero attached hydrogens (tertiary/aromatic N) is 1. The molecule has 1 N–H and O–H groups in total. The van der Waals surface area contributed by atoms with Crippen LogP contribution in [0.15, 0.2) is 58.8 Å². The van der Waals surface area contributed by atoms with Crippen molar-refractivity contribution in [3.63, 3.8) is 0 Å². The van der Waals surface area contributed by atoms with Crippen molar-refractivity contribution in [3.05, 3.63) is 80.5 Å². The fourth-order valence-corrected chi connectivity index (χ4v) is 5.93. The Labute approximate surface area is 179 Å². The highest BCUT2D eigenvalue weighted by atomic mass is 35.5. The van der Waals surface area contributed by atoms with Gasteiger partial charge in [0.2, 0.25) is 10.0 Å². The highest BCUT2D eigenvalue weighted by molar-refractivity contribution is 7.89. The standard InChI is InChI=1S/C21H19ClN2O3S2/c1-14-5-6-19(18(22)11-14)23-21(25)15-3-2-4-17(12-15)29(26,27)24-9-7-20-16(13-24)8-10-28-20/h2-6,8,10-12H,7,9,13H2,1H3,(H,23,25). The van der Waals surface area contributed by atoms with Gasteiger partial charge in [-0.1, -0.05) is 23.7 Å². The van der Waals surface area contributed by atoms with Crippen molar-refractivity contribution in [2.75, 3.05) is 11.9 Å². The Kier molecular flexibility index (Phi) is 5.48. The number of halogens is 1. The summed E-state index contributed by atoms with van der Waals surface area (Å²) in [7, 11) is -3.69. The van der Waals surface area contributed by atoms with Gasteiger partial charge in [0.15, 0.2) is 0 Å². The molecule has 4 rings (SSSR count). The molecule has 0 fully saturated rings. The highest BCUT2D eigenvalue weighted by Crippen LogP contribution is 2.29. The first-order valence-corrected chi connectivity index (χ1v) is 11.8. The summed E-state index contributed by atoms with van der Waals surface area (Å²) in [6.07, 6.45) is 0.707. The Morgan fingerprint density at radius 2 is 2.00 bits per heavy atom. The predicted octanol–water partition coefficient (Wildman–Crippen LogP) is 4.71. The number of rotatable bonds is 4. The minimum Gasteiger partial charge on any atom is -0.321 e. The van der Waals surface area contributed by atoms with E-state index in [1.165, 1.54) is 21.3 Å². The summed E-state index contributed by atoms with van der Waals surface area (Å²) in [5, 5.41) is 5.16. The number of anilines is 1. The Morgan fingerprint density at radius 1 is 1.17 bits per heavy atom. The van der Waals surface area contributed by atoms with Crippen LogP contribution in [0.25, 0.3) is 0 Å². The molecule has 8 heteroatoms. The van der Waals surface area contributed by atoms with Gasteiger partial charge in [0.25, 0.3) is 5.91 Å². The van der Waals surface area contributed by atoms with Gasteiger partial charge >= 0.3 is 0 Å². The molecule has 0 bridgehead atoms. The fraction of sp³-hybridized carbons (Fsp3) is 0.190. The molecule has 1 aliphatic rings. The van der Waals surface area contributed by atoms with Gasteiger partial charge in [-0.2, -0.15) is 4.31 Å². The summed E-state index contributed by atoms with van der Waals surface area (Å²) in [6, 6.07) is 13.4. The molecule has 3 aromatic rings. The summed E-state index contributed by atoms with van der Waals surface area (Å²) in [5.74, 6) is -0.411. The van der Waals surface area contributed by atoms with Crippen LogP contribution >= 0.6 is 22.9 Å². The van der Waals surface area contributed by atoms with Gasteiger partial charge < -0.3 is 5.32 Å².